The number of nitrogens with zero attached hydrogens (tertiary/aromatic N) is 2. The third-order valence-corrected chi connectivity index (χ3v) is 11.4. The largest absolute Gasteiger partial charge is 0.456 e. The minimum atomic E-state index is 0.888. The maximum atomic E-state index is 6.48. The fourth-order valence-electron chi connectivity index (χ4n) is 8.03. The van der Waals surface area contributed by atoms with Gasteiger partial charge in [-0.3, -0.25) is 0 Å². The minimum absolute atomic E-state index is 0.888. The molecule has 0 radical (unpaired) electrons. The first-order valence-electron chi connectivity index (χ1n) is 16.9. The van der Waals surface area contributed by atoms with Crippen LogP contribution in [0.5, 0.6) is 0 Å². The van der Waals surface area contributed by atoms with Crippen LogP contribution in [-0.2, 0) is 0 Å². The lowest BCUT2D eigenvalue weighted by atomic mass is 10.0. The van der Waals surface area contributed by atoms with Gasteiger partial charge in [0.2, 0.25) is 0 Å². The van der Waals surface area contributed by atoms with Gasteiger partial charge in [0.1, 0.15) is 11.2 Å². The van der Waals surface area contributed by atoms with Gasteiger partial charge in [0, 0.05) is 48.4 Å². The zero-order chi connectivity index (χ0) is 32.8. The summed E-state index contributed by atoms with van der Waals surface area (Å²) in [6.45, 7) is 0. The lowest BCUT2D eigenvalue weighted by molar-refractivity contribution is 0.669. The van der Waals surface area contributed by atoms with Crippen molar-refractivity contribution in [1.29, 1.82) is 0 Å². The number of furan rings is 1. The third-order valence-electron chi connectivity index (χ3n) is 10.2. The maximum absolute atomic E-state index is 6.48. The fraction of sp³-hybridized carbons (Fsp3) is 0. The van der Waals surface area contributed by atoms with E-state index in [4.69, 9.17) is 4.42 Å². The summed E-state index contributed by atoms with van der Waals surface area (Å²) in [6, 6.07) is 61.2. The number of fused-ring (bicyclic) bond motifs is 11. The predicted octanol–water partition coefficient (Wildman–Crippen LogP) is 13.7. The second-order valence-electron chi connectivity index (χ2n) is 12.9. The number of hydrogen-bond donors (Lipinski definition) is 0. The molecular formula is C46H28N2OS. The molecule has 0 aliphatic heterocycles. The highest BCUT2D eigenvalue weighted by atomic mass is 32.1. The Balaban J connectivity index is 1.27. The molecule has 50 heavy (non-hydrogen) atoms. The molecule has 0 saturated carbocycles. The second kappa shape index (κ2) is 10.6. The number of rotatable bonds is 4. The van der Waals surface area contributed by atoms with E-state index in [-0.39, 0.29) is 0 Å². The Bertz CT molecular complexity index is 3110. The van der Waals surface area contributed by atoms with Crippen LogP contribution in [0.4, 0.5) is 17.1 Å². The van der Waals surface area contributed by atoms with Crippen molar-refractivity contribution in [3.63, 3.8) is 0 Å². The molecule has 234 valence electrons. The van der Waals surface area contributed by atoms with Gasteiger partial charge in [0.25, 0.3) is 0 Å². The fourth-order valence-corrected chi connectivity index (χ4v) is 9.24. The van der Waals surface area contributed by atoms with E-state index in [0.29, 0.717) is 0 Å². The number of hydrogen-bond acceptors (Lipinski definition) is 3. The molecule has 3 aromatic heterocycles. The molecule has 4 heteroatoms. The minimum Gasteiger partial charge on any atom is -0.456 e. The average Bonchev–Trinajstić information content (AvgIpc) is 3.85. The predicted molar refractivity (Wildman–Crippen MR) is 213 cm³/mol. The Kier molecular flexibility index (Phi) is 5.83. The van der Waals surface area contributed by atoms with Gasteiger partial charge in [-0.25, -0.2) is 0 Å². The van der Waals surface area contributed by atoms with Crippen molar-refractivity contribution in [3.8, 4) is 5.69 Å². The van der Waals surface area contributed by atoms with Crippen LogP contribution in [0, 0.1) is 0 Å². The molecule has 0 amide bonds. The summed E-state index contributed by atoms with van der Waals surface area (Å²) in [5, 5.41) is 9.67. The van der Waals surface area contributed by atoms with Crippen molar-refractivity contribution >= 4 is 103 Å². The molecule has 0 unspecified atom stereocenters. The topological polar surface area (TPSA) is 21.3 Å². The molecular weight excluding hydrogens is 629 g/mol. The molecule has 0 N–H and O–H groups in total. The summed E-state index contributed by atoms with van der Waals surface area (Å²) in [6.07, 6.45) is 0. The van der Waals surface area contributed by atoms with Crippen molar-refractivity contribution < 1.29 is 4.42 Å². The van der Waals surface area contributed by atoms with Crippen molar-refractivity contribution in [3.05, 3.63) is 170 Å². The molecule has 0 aliphatic carbocycles. The van der Waals surface area contributed by atoms with Gasteiger partial charge in [-0.05, 0) is 77.5 Å². The SMILES string of the molecule is c1ccc(-n2c3ccccc3c3c(N(c4ccc5oc6ccc7ccccc7c6c5c4)c4cccc5c4sc4ccccc45)cccc32)cc1. The maximum Gasteiger partial charge on any atom is 0.136 e. The monoisotopic (exact) mass is 656 g/mol. The molecule has 0 aliphatic rings. The van der Waals surface area contributed by atoms with Crippen molar-refractivity contribution in [1.82, 2.24) is 4.57 Å². The van der Waals surface area contributed by atoms with Crippen molar-refractivity contribution in [2.75, 3.05) is 4.90 Å². The van der Waals surface area contributed by atoms with Crippen LogP contribution in [0.3, 0.4) is 0 Å². The molecule has 11 rings (SSSR count). The highest BCUT2D eigenvalue weighted by Crippen LogP contribution is 2.49. The summed E-state index contributed by atoms with van der Waals surface area (Å²) >= 11 is 1.86. The Hall–Kier alpha value is -6.36. The zero-order valence-corrected chi connectivity index (χ0v) is 27.7. The van der Waals surface area contributed by atoms with Gasteiger partial charge in [-0.15, -0.1) is 11.3 Å². The smallest absolute Gasteiger partial charge is 0.136 e. The van der Waals surface area contributed by atoms with Crippen molar-refractivity contribution in [2.45, 2.75) is 0 Å². The van der Waals surface area contributed by atoms with Gasteiger partial charge in [0.05, 0.1) is 27.1 Å². The highest BCUT2D eigenvalue weighted by molar-refractivity contribution is 7.26. The molecule has 8 aromatic carbocycles. The van der Waals surface area contributed by atoms with Crippen molar-refractivity contribution in [2.24, 2.45) is 0 Å². The van der Waals surface area contributed by atoms with E-state index in [0.717, 1.165) is 44.7 Å². The third kappa shape index (κ3) is 3.91. The van der Waals surface area contributed by atoms with E-state index >= 15 is 0 Å². The van der Waals surface area contributed by atoms with E-state index in [1.807, 2.05) is 11.3 Å². The molecule has 3 nitrogen and oxygen atoms in total. The molecule has 0 bridgehead atoms. The summed E-state index contributed by atoms with van der Waals surface area (Å²) in [7, 11) is 0. The quantitative estimate of drug-likeness (QED) is 0.188. The van der Waals surface area contributed by atoms with Crippen LogP contribution in [0.25, 0.3) is 80.4 Å². The summed E-state index contributed by atoms with van der Waals surface area (Å²) in [5.41, 5.74) is 8.67. The van der Waals surface area contributed by atoms with Crippen LogP contribution >= 0.6 is 11.3 Å². The molecule has 0 saturated heterocycles. The van der Waals surface area contributed by atoms with Crippen LogP contribution in [0.15, 0.2) is 174 Å². The lowest BCUT2D eigenvalue weighted by Crippen LogP contribution is -2.10. The van der Waals surface area contributed by atoms with Gasteiger partial charge in [0.15, 0.2) is 0 Å². The molecule has 0 fully saturated rings. The lowest BCUT2D eigenvalue weighted by Gasteiger charge is -2.27. The van der Waals surface area contributed by atoms with E-state index in [1.54, 1.807) is 0 Å². The Labute approximate surface area is 291 Å². The van der Waals surface area contributed by atoms with Crippen LogP contribution in [0.1, 0.15) is 0 Å². The number of aromatic nitrogens is 1. The van der Waals surface area contributed by atoms with Crippen LogP contribution < -0.4 is 4.90 Å². The van der Waals surface area contributed by atoms with Gasteiger partial charge >= 0.3 is 0 Å². The standard InChI is InChI=1S/C46H28N2OS/c1-2-13-30(14-3-1)47-37-19-8-6-17-35(37)45-38(47)20-11-21-39(45)48(40-22-10-18-34-33-16-7-9-23-43(33)50-46(34)40)31-25-27-41-36(28-31)44-32-15-5-4-12-29(32)24-26-42(44)49-41/h1-28H. The van der Waals surface area contributed by atoms with E-state index in [9.17, 15) is 0 Å². The summed E-state index contributed by atoms with van der Waals surface area (Å²) in [5.74, 6) is 0. The van der Waals surface area contributed by atoms with E-state index < -0.39 is 0 Å². The van der Waals surface area contributed by atoms with E-state index in [1.165, 1.54) is 52.8 Å². The second-order valence-corrected chi connectivity index (χ2v) is 13.9. The number of benzene rings is 8. The Morgan fingerprint density at radius 2 is 1.16 bits per heavy atom. The summed E-state index contributed by atoms with van der Waals surface area (Å²) < 4.78 is 11.4. The number of para-hydroxylation sites is 2. The molecule has 3 heterocycles. The molecule has 0 atom stereocenters. The van der Waals surface area contributed by atoms with Gasteiger partial charge in [-0.2, -0.15) is 0 Å². The number of thiophene rings is 1. The van der Waals surface area contributed by atoms with Gasteiger partial charge < -0.3 is 13.9 Å². The van der Waals surface area contributed by atoms with E-state index in [2.05, 4.69) is 179 Å². The first-order chi connectivity index (χ1) is 24.8. The van der Waals surface area contributed by atoms with Crippen LogP contribution in [0.2, 0.25) is 0 Å². The van der Waals surface area contributed by atoms with Crippen LogP contribution in [-0.4, -0.2) is 4.57 Å². The molecule has 11 aromatic rings. The normalized spacial score (nSPS) is 12.0. The number of anilines is 3. The van der Waals surface area contributed by atoms with Gasteiger partial charge in [-0.1, -0.05) is 103 Å². The molecule has 0 spiro atoms. The Morgan fingerprint density at radius 3 is 2.08 bits per heavy atom. The highest BCUT2D eigenvalue weighted by Gasteiger charge is 2.24. The first kappa shape index (κ1) is 27.6. The Morgan fingerprint density at radius 1 is 0.460 bits per heavy atom. The zero-order valence-electron chi connectivity index (χ0n) is 26.9. The first-order valence-corrected chi connectivity index (χ1v) is 17.8. The summed E-state index contributed by atoms with van der Waals surface area (Å²) in [4.78, 5) is 2.48. The average molecular weight is 657 g/mol.